The summed E-state index contributed by atoms with van der Waals surface area (Å²) in [6, 6.07) is 36.7. The lowest BCUT2D eigenvalue weighted by atomic mass is 9.83. The highest BCUT2D eigenvalue weighted by Gasteiger charge is 2.27. The number of aromatic nitrogens is 4. The molecular formula is C44H40N4O. The van der Waals surface area contributed by atoms with Crippen molar-refractivity contribution in [2.75, 3.05) is 0 Å². The molecule has 1 saturated carbocycles. The predicted molar refractivity (Wildman–Crippen MR) is 201 cm³/mol. The van der Waals surface area contributed by atoms with Crippen molar-refractivity contribution in [3.8, 4) is 28.2 Å². The molecule has 0 radical (unpaired) electrons. The van der Waals surface area contributed by atoms with Gasteiger partial charge in [-0.2, -0.15) is 0 Å². The fraction of sp³-hybridized carbons (Fsp3) is 0.250. The number of benzene rings is 4. The lowest BCUT2D eigenvalue weighted by Gasteiger charge is -2.26. The first kappa shape index (κ1) is 29.8. The van der Waals surface area contributed by atoms with E-state index in [2.05, 4.69) is 135 Å². The molecule has 0 saturated heterocycles. The normalized spacial score (nSPS) is 14.2. The lowest BCUT2D eigenvalue weighted by molar-refractivity contribution is 0.537. The fourth-order valence-electron chi connectivity index (χ4n) is 7.92. The summed E-state index contributed by atoms with van der Waals surface area (Å²) in [6.45, 7) is 8.91. The van der Waals surface area contributed by atoms with E-state index in [4.69, 9.17) is 19.4 Å². The van der Waals surface area contributed by atoms with Crippen molar-refractivity contribution < 1.29 is 4.42 Å². The van der Waals surface area contributed by atoms with Crippen LogP contribution in [0, 0.1) is 12.8 Å². The van der Waals surface area contributed by atoms with Crippen LogP contribution in [0.4, 0.5) is 0 Å². The number of hydrogen-bond acceptors (Lipinski definition) is 4. The Kier molecular flexibility index (Phi) is 6.94. The summed E-state index contributed by atoms with van der Waals surface area (Å²) in [5.74, 6) is 1.56. The molecule has 4 aromatic carbocycles. The van der Waals surface area contributed by atoms with Crippen LogP contribution in [0.5, 0.6) is 0 Å². The molecule has 49 heavy (non-hydrogen) atoms. The first-order chi connectivity index (χ1) is 23.8. The molecule has 9 rings (SSSR count). The number of rotatable bonds is 5. The number of furan rings is 1. The first-order valence-corrected chi connectivity index (χ1v) is 17.6. The first-order valence-electron chi connectivity index (χ1n) is 17.6. The quantitative estimate of drug-likeness (QED) is 0.188. The molecule has 0 unspecified atom stereocenters. The van der Waals surface area contributed by atoms with E-state index in [1.165, 1.54) is 42.4 Å². The van der Waals surface area contributed by atoms with Crippen molar-refractivity contribution in [2.45, 2.75) is 65.2 Å². The highest BCUT2D eigenvalue weighted by Crippen LogP contribution is 2.42. The van der Waals surface area contributed by atoms with Crippen LogP contribution in [-0.4, -0.2) is 19.5 Å². The zero-order valence-electron chi connectivity index (χ0n) is 28.6. The monoisotopic (exact) mass is 640 g/mol. The van der Waals surface area contributed by atoms with Gasteiger partial charge in [0, 0.05) is 27.5 Å². The minimum absolute atomic E-state index is 0.160. The molecule has 5 nitrogen and oxygen atoms in total. The van der Waals surface area contributed by atoms with Crippen molar-refractivity contribution in [1.82, 2.24) is 19.5 Å². The molecule has 0 bridgehead atoms. The Hall–Kier alpha value is -5.29. The highest BCUT2D eigenvalue weighted by molar-refractivity contribution is 6.10. The predicted octanol–water partition coefficient (Wildman–Crippen LogP) is 11.5. The van der Waals surface area contributed by atoms with Gasteiger partial charge >= 0.3 is 0 Å². The molecule has 0 amide bonds. The number of imidazole rings is 1. The Labute approximate surface area is 286 Å². The summed E-state index contributed by atoms with van der Waals surface area (Å²) in [4.78, 5) is 15.6. The standard InChI is InChI=1S/C44H40N4O/c1-27-17-18-30-19-23-37-40(39(30)45-27)48(38-24-20-31(26-36(38)44(2,3)4)29-13-6-5-7-14-29)42(47-37)35-16-10-15-33-34-22-21-32(25-28-11-8-9-12-28)46-43(34)49-41(33)35/h5-7,10,13-24,26,28H,8-9,11-12,25H2,1-4H3. The lowest BCUT2D eigenvalue weighted by Crippen LogP contribution is -2.16. The van der Waals surface area contributed by atoms with Crippen LogP contribution in [0.2, 0.25) is 0 Å². The largest absolute Gasteiger partial charge is 0.437 e. The van der Waals surface area contributed by atoms with Gasteiger partial charge in [0.1, 0.15) is 11.4 Å². The molecular weight excluding hydrogens is 601 g/mol. The third kappa shape index (κ3) is 5.11. The molecule has 4 heterocycles. The van der Waals surface area contributed by atoms with Crippen molar-refractivity contribution in [1.29, 1.82) is 0 Å². The molecule has 1 fully saturated rings. The molecule has 1 aliphatic rings. The topological polar surface area (TPSA) is 56.7 Å². The average Bonchev–Trinajstić information content (AvgIpc) is 3.85. The van der Waals surface area contributed by atoms with Crippen LogP contribution in [0.3, 0.4) is 0 Å². The Bertz CT molecular complexity index is 2530. The molecule has 0 atom stereocenters. The van der Waals surface area contributed by atoms with E-state index in [-0.39, 0.29) is 5.41 Å². The summed E-state index contributed by atoms with van der Waals surface area (Å²) in [7, 11) is 0. The summed E-state index contributed by atoms with van der Waals surface area (Å²) >= 11 is 0. The van der Waals surface area contributed by atoms with Crippen molar-refractivity contribution in [3.63, 3.8) is 0 Å². The van der Waals surface area contributed by atoms with Crippen LogP contribution in [0.25, 0.3) is 72.2 Å². The van der Waals surface area contributed by atoms with Crippen LogP contribution < -0.4 is 0 Å². The van der Waals surface area contributed by atoms with E-state index in [1.54, 1.807) is 0 Å². The van der Waals surface area contributed by atoms with Gasteiger partial charge in [-0.3, -0.25) is 9.55 Å². The van der Waals surface area contributed by atoms with E-state index in [0.29, 0.717) is 5.71 Å². The maximum atomic E-state index is 6.73. The maximum absolute atomic E-state index is 6.73. The second kappa shape index (κ2) is 11.4. The van der Waals surface area contributed by atoms with Gasteiger partial charge in [0.25, 0.3) is 0 Å². The third-order valence-corrected chi connectivity index (χ3v) is 10.4. The minimum Gasteiger partial charge on any atom is -0.437 e. The third-order valence-electron chi connectivity index (χ3n) is 10.4. The average molecular weight is 641 g/mol. The number of aryl methyl sites for hydroxylation is 1. The van der Waals surface area contributed by atoms with E-state index < -0.39 is 0 Å². The van der Waals surface area contributed by atoms with Gasteiger partial charge < -0.3 is 4.42 Å². The minimum atomic E-state index is -0.160. The SMILES string of the molecule is Cc1ccc2ccc3nc(-c4cccc5c4oc4nc(CC6CCCC6)ccc45)n(-c4ccc(-c5ccccc5)cc4C(C)(C)C)c3c2n1. The van der Waals surface area contributed by atoms with Gasteiger partial charge in [-0.1, -0.05) is 107 Å². The zero-order valence-corrected chi connectivity index (χ0v) is 28.6. The van der Waals surface area contributed by atoms with Gasteiger partial charge in [-0.05, 0) is 83.8 Å². The Balaban J connectivity index is 1.32. The molecule has 0 N–H and O–H groups in total. The molecule has 242 valence electrons. The molecule has 8 aromatic rings. The highest BCUT2D eigenvalue weighted by atomic mass is 16.3. The number of nitrogens with zero attached hydrogens (tertiary/aromatic N) is 4. The molecule has 1 aliphatic carbocycles. The molecule has 5 heteroatoms. The fourth-order valence-corrected chi connectivity index (χ4v) is 7.92. The van der Waals surface area contributed by atoms with Crippen molar-refractivity contribution >= 4 is 44.0 Å². The Morgan fingerprint density at radius 3 is 2.39 bits per heavy atom. The smallest absolute Gasteiger partial charge is 0.227 e. The molecule has 0 spiro atoms. The summed E-state index contributed by atoms with van der Waals surface area (Å²) in [5.41, 5.74) is 11.9. The summed E-state index contributed by atoms with van der Waals surface area (Å²) in [5, 5.41) is 3.19. The summed E-state index contributed by atoms with van der Waals surface area (Å²) < 4.78 is 9.06. The van der Waals surface area contributed by atoms with Crippen LogP contribution in [0.1, 0.15) is 63.4 Å². The number of pyridine rings is 2. The zero-order chi connectivity index (χ0) is 33.3. The molecule has 4 aromatic heterocycles. The van der Waals surface area contributed by atoms with Gasteiger partial charge in [0.05, 0.1) is 27.8 Å². The van der Waals surface area contributed by atoms with Gasteiger partial charge in [0.15, 0.2) is 0 Å². The van der Waals surface area contributed by atoms with Crippen molar-refractivity contribution in [2.24, 2.45) is 5.92 Å². The van der Waals surface area contributed by atoms with Crippen LogP contribution in [-0.2, 0) is 11.8 Å². The summed E-state index contributed by atoms with van der Waals surface area (Å²) in [6.07, 6.45) is 6.28. The van der Waals surface area contributed by atoms with E-state index in [0.717, 1.165) is 79.1 Å². The number of para-hydroxylation sites is 1. The number of hydrogen-bond donors (Lipinski definition) is 0. The van der Waals surface area contributed by atoms with E-state index in [9.17, 15) is 0 Å². The van der Waals surface area contributed by atoms with E-state index >= 15 is 0 Å². The van der Waals surface area contributed by atoms with Gasteiger partial charge in [-0.15, -0.1) is 0 Å². The van der Waals surface area contributed by atoms with Crippen molar-refractivity contribution in [3.05, 3.63) is 120 Å². The van der Waals surface area contributed by atoms with Crippen LogP contribution in [0.15, 0.2) is 108 Å². The van der Waals surface area contributed by atoms with Gasteiger partial charge in [0.2, 0.25) is 5.71 Å². The maximum Gasteiger partial charge on any atom is 0.227 e. The Morgan fingerprint density at radius 2 is 1.57 bits per heavy atom. The van der Waals surface area contributed by atoms with E-state index in [1.807, 2.05) is 0 Å². The Morgan fingerprint density at radius 1 is 0.755 bits per heavy atom. The second-order valence-corrected chi connectivity index (χ2v) is 14.9. The van der Waals surface area contributed by atoms with Crippen LogP contribution >= 0.6 is 0 Å². The second-order valence-electron chi connectivity index (χ2n) is 14.9. The molecule has 0 aliphatic heterocycles. The van der Waals surface area contributed by atoms with Gasteiger partial charge in [-0.25, -0.2) is 9.97 Å². The number of fused-ring (bicyclic) bond motifs is 6.